The monoisotopic (exact) mass is 394 g/mol. The lowest BCUT2D eigenvalue weighted by Gasteiger charge is -2.26. The molecule has 1 saturated heterocycles. The first-order valence-corrected chi connectivity index (χ1v) is 9.94. The first-order valence-electron chi connectivity index (χ1n) is 9.94. The number of hydrogen-bond acceptors (Lipinski definition) is 5. The first kappa shape index (κ1) is 19.4. The third kappa shape index (κ3) is 4.75. The summed E-state index contributed by atoms with van der Waals surface area (Å²) in [6, 6.07) is 11.3. The van der Waals surface area contributed by atoms with Crippen LogP contribution in [0.1, 0.15) is 21.6 Å². The van der Waals surface area contributed by atoms with Crippen LogP contribution in [0.4, 0.5) is 0 Å². The number of aromatic nitrogens is 2. The molecule has 0 atom stereocenters. The van der Waals surface area contributed by atoms with E-state index in [-0.39, 0.29) is 5.91 Å². The van der Waals surface area contributed by atoms with Crippen LogP contribution < -0.4 is 10.1 Å². The molecular formula is C22H26N4O3. The molecule has 1 fully saturated rings. The Kier molecular flexibility index (Phi) is 6.07. The Bertz CT molecular complexity index is 979. The van der Waals surface area contributed by atoms with E-state index >= 15 is 0 Å². The second-order valence-electron chi connectivity index (χ2n) is 7.15. The summed E-state index contributed by atoms with van der Waals surface area (Å²) in [6.07, 6.45) is 3.92. The minimum absolute atomic E-state index is 0.125. The van der Waals surface area contributed by atoms with Crippen LogP contribution in [0, 0.1) is 6.92 Å². The second-order valence-corrected chi connectivity index (χ2v) is 7.15. The fourth-order valence-electron chi connectivity index (χ4n) is 3.45. The molecule has 7 nitrogen and oxygen atoms in total. The van der Waals surface area contributed by atoms with E-state index in [1.165, 1.54) is 0 Å². The Morgan fingerprint density at radius 2 is 2.03 bits per heavy atom. The van der Waals surface area contributed by atoms with Gasteiger partial charge in [0.1, 0.15) is 18.0 Å². The summed E-state index contributed by atoms with van der Waals surface area (Å²) >= 11 is 0. The lowest BCUT2D eigenvalue weighted by Crippen LogP contribution is -2.41. The van der Waals surface area contributed by atoms with Gasteiger partial charge in [0.2, 0.25) is 0 Å². The van der Waals surface area contributed by atoms with Gasteiger partial charge in [0, 0.05) is 38.6 Å². The van der Waals surface area contributed by atoms with Gasteiger partial charge in [-0.25, -0.2) is 4.98 Å². The molecular weight excluding hydrogens is 368 g/mol. The maximum absolute atomic E-state index is 12.6. The number of fused-ring (bicyclic) bond motifs is 1. The molecule has 3 aromatic rings. The Hall–Kier alpha value is -2.90. The molecule has 0 spiro atoms. The number of pyridine rings is 1. The van der Waals surface area contributed by atoms with Crippen LogP contribution in [-0.2, 0) is 11.3 Å². The number of rotatable bonds is 7. The smallest absolute Gasteiger partial charge is 0.255 e. The largest absolute Gasteiger partial charge is 0.486 e. The molecule has 4 rings (SSSR count). The lowest BCUT2D eigenvalue weighted by molar-refractivity contribution is 0.0383. The van der Waals surface area contributed by atoms with Crippen molar-refractivity contribution in [3.05, 3.63) is 65.6 Å². The lowest BCUT2D eigenvalue weighted by atomic mass is 10.2. The van der Waals surface area contributed by atoms with Crippen molar-refractivity contribution < 1.29 is 14.3 Å². The van der Waals surface area contributed by atoms with Crippen molar-refractivity contribution in [3.63, 3.8) is 0 Å². The van der Waals surface area contributed by atoms with Crippen molar-refractivity contribution in [1.82, 2.24) is 19.6 Å². The normalized spacial score (nSPS) is 14.8. The Labute approximate surface area is 170 Å². The zero-order valence-electron chi connectivity index (χ0n) is 16.6. The van der Waals surface area contributed by atoms with Crippen LogP contribution in [-0.4, -0.2) is 59.6 Å². The molecule has 0 aliphatic carbocycles. The maximum Gasteiger partial charge on any atom is 0.255 e. The summed E-state index contributed by atoms with van der Waals surface area (Å²) < 4.78 is 13.3. The van der Waals surface area contributed by atoms with E-state index in [1.807, 2.05) is 54.0 Å². The van der Waals surface area contributed by atoms with Crippen molar-refractivity contribution >= 4 is 11.6 Å². The summed E-state index contributed by atoms with van der Waals surface area (Å²) in [7, 11) is 0. The summed E-state index contributed by atoms with van der Waals surface area (Å²) in [6.45, 7) is 7.09. The van der Waals surface area contributed by atoms with E-state index in [4.69, 9.17) is 9.47 Å². The average molecular weight is 394 g/mol. The van der Waals surface area contributed by atoms with E-state index in [0.717, 1.165) is 49.8 Å². The molecule has 29 heavy (non-hydrogen) atoms. The highest BCUT2D eigenvalue weighted by Gasteiger charge is 2.14. The average Bonchev–Trinajstić information content (AvgIpc) is 3.18. The van der Waals surface area contributed by atoms with E-state index in [0.29, 0.717) is 24.5 Å². The first-order chi connectivity index (χ1) is 14.2. The number of ether oxygens (including phenoxy) is 2. The fourth-order valence-corrected chi connectivity index (χ4v) is 3.45. The number of hydrogen-bond donors (Lipinski definition) is 1. The summed E-state index contributed by atoms with van der Waals surface area (Å²) in [4.78, 5) is 19.6. The molecule has 0 saturated carbocycles. The predicted octanol–water partition coefficient (Wildman–Crippen LogP) is 2.28. The topological polar surface area (TPSA) is 68.1 Å². The molecule has 7 heteroatoms. The molecule has 3 heterocycles. The third-order valence-corrected chi connectivity index (χ3v) is 5.05. The van der Waals surface area contributed by atoms with Crippen LogP contribution in [0.15, 0.2) is 48.8 Å². The molecule has 1 aliphatic heterocycles. The van der Waals surface area contributed by atoms with Crippen molar-refractivity contribution in [3.8, 4) is 5.75 Å². The molecule has 0 bridgehead atoms. The van der Waals surface area contributed by atoms with Crippen LogP contribution >= 0.6 is 0 Å². The van der Waals surface area contributed by atoms with Gasteiger partial charge in [-0.3, -0.25) is 9.69 Å². The molecule has 1 aromatic carbocycles. The molecule has 0 unspecified atom stereocenters. The molecule has 152 valence electrons. The van der Waals surface area contributed by atoms with Crippen molar-refractivity contribution in [1.29, 1.82) is 0 Å². The number of carbonyl (C=O) groups excluding carboxylic acids is 1. The van der Waals surface area contributed by atoms with E-state index in [2.05, 4.69) is 15.2 Å². The number of nitrogens with one attached hydrogen (secondary N) is 1. The van der Waals surface area contributed by atoms with Gasteiger partial charge in [-0.05, 0) is 30.7 Å². The number of morpholine rings is 1. The van der Waals surface area contributed by atoms with Gasteiger partial charge >= 0.3 is 0 Å². The SMILES string of the molecule is Cc1cccn2cc(COc3ccccc3C(=O)NCCN3CCOCC3)nc12. The number of benzene rings is 1. The van der Waals surface area contributed by atoms with Gasteiger partial charge in [0.15, 0.2) is 0 Å². The Balaban J connectivity index is 1.36. The van der Waals surface area contributed by atoms with Crippen LogP contribution in [0.25, 0.3) is 5.65 Å². The van der Waals surface area contributed by atoms with E-state index < -0.39 is 0 Å². The van der Waals surface area contributed by atoms with Crippen molar-refractivity contribution in [2.24, 2.45) is 0 Å². The molecule has 1 N–H and O–H groups in total. The highest BCUT2D eigenvalue weighted by Crippen LogP contribution is 2.20. The highest BCUT2D eigenvalue weighted by atomic mass is 16.5. The number of aryl methyl sites for hydroxylation is 1. The van der Waals surface area contributed by atoms with Crippen molar-refractivity contribution in [2.45, 2.75) is 13.5 Å². The van der Waals surface area contributed by atoms with Gasteiger partial charge in [0.25, 0.3) is 5.91 Å². The van der Waals surface area contributed by atoms with Gasteiger partial charge in [-0.1, -0.05) is 18.2 Å². The van der Waals surface area contributed by atoms with Gasteiger partial charge in [-0.2, -0.15) is 0 Å². The zero-order chi connectivity index (χ0) is 20.1. The maximum atomic E-state index is 12.6. The van der Waals surface area contributed by atoms with Crippen LogP contribution in [0.3, 0.4) is 0 Å². The zero-order valence-corrected chi connectivity index (χ0v) is 16.6. The number of imidazole rings is 1. The van der Waals surface area contributed by atoms with Gasteiger partial charge in [0.05, 0.1) is 24.5 Å². The number of para-hydroxylation sites is 1. The standard InChI is InChI=1S/C22H26N4O3/c1-17-5-4-9-26-15-18(24-21(17)26)16-29-20-7-3-2-6-19(20)22(27)23-8-10-25-11-13-28-14-12-25/h2-7,9,15H,8,10-14,16H2,1H3,(H,23,27). The number of nitrogens with zero attached hydrogens (tertiary/aromatic N) is 3. The summed E-state index contributed by atoms with van der Waals surface area (Å²) in [5.74, 6) is 0.435. The number of carbonyl (C=O) groups is 1. The minimum atomic E-state index is -0.125. The van der Waals surface area contributed by atoms with Gasteiger partial charge < -0.3 is 19.2 Å². The van der Waals surface area contributed by atoms with E-state index in [9.17, 15) is 4.79 Å². The molecule has 0 radical (unpaired) electrons. The molecule has 2 aromatic heterocycles. The van der Waals surface area contributed by atoms with Crippen molar-refractivity contribution in [2.75, 3.05) is 39.4 Å². The fraction of sp³-hybridized carbons (Fsp3) is 0.364. The minimum Gasteiger partial charge on any atom is -0.486 e. The molecule has 1 aliphatic rings. The number of amides is 1. The quantitative estimate of drug-likeness (QED) is 0.666. The predicted molar refractivity (Wildman–Crippen MR) is 110 cm³/mol. The Morgan fingerprint density at radius 3 is 2.86 bits per heavy atom. The van der Waals surface area contributed by atoms with Crippen LogP contribution in [0.2, 0.25) is 0 Å². The Morgan fingerprint density at radius 1 is 1.21 bits per heavy atom. The molecule has 1 amide bonds. The third-order valence-electron chi connectivity index (χ3n) is 5.05. The highest BCUT2D eigenvalue weighted by molar-refractivity contribution is 5.96. The summed E-state index contributed by atoms with van der Waals surface area (Å²) in [5, 5.41) is 2.99. The van der Waals surface area contributed by atoms with Gasteiger partial charge in [-0.15, -0.1) is 0 Å². The van der Waals surface area contributed by atoms with Crippen LogP contribution in [0.5, 0.6) is 5.75 Å². The summed E-state index contributed by atoms with van der Waals surface area (Å²) in [5.41, 5.74) is 3.38. The second kappa shape index (κ2) is 9.07. The van der Waals surface area contributed by atoms with E-state index in [1.54, 1.807) is 6.07 Å².